The molecule has 29 heavy (non-hydrogen) atoms. The van der Waals surface area contributed by atoms with E-state index in [1.807, 2.05) is 53.4 Å². The van der Waals surface area contributed by atoms with Crippen molar-refractivity contribution in [1.29, 1.82) is 0 Å². The highest BCUT2D eigenvalue weighted by Gasteiger charge is 2.24. The highest BCUT2D eigenvalue weighted by molar-refractivity contribution is 6.07. The number of likely N-dealkylation sites (tertiary alicyclic amines) is 1. The maximum Gasteiger partial charge on any atom is 0.254 e. The number of nitrogens with two attached hydrogens (primary N) is 1. The monoisotopic (exact) mass is 391 g/mol. The van der Waals surface area contributed by atoms with E-state index < -0.39 is 0 Å². The van der Waals surface area contributed by atoms with Gasteiger partial charge in [0.25, 0.3) is 5.91 Å². The fraction of sp³-hybridized carbons (Fsp3) is 0.304. The lowest BCUT2D eigenvalue weighted by molar-refractivity contribution is 0.0711. The number of aromatic nitrogens is 1. The largest absolute Gasteiger partial charge is 0.493 e. The van der Waals surface area contributed by atoms with Gasteiger partial charge in [-0.05, 0) is 43.2 Å². The van der Waals surface area contributed by atoms with Gasteiger partial charge in [0.2, 0.25) is 0 Å². The summed E-state index contributed by atoms with van der Waals surface area (Å²) in [5.41, 5.74) is 9.11. The van der Waals surface area contributed by atoms with Gasteiger partial charge in [-0.15, -0.1) is 0 Å². The first-order valence-corrected chi connectivity index (χ1v) is 9.77. The van der Waals surface area contributed by atoms with Gasteiger partial charge in [-0.2, -0.15) is 0 Å². The van der Waals surface area contributed by atoms with Crippen LogP contribution in [0.4, 0.5) is 0 Å². The third kappa shape index (κ3) is 3.76. The molecule has 1 amide bonds. The van der Waals surface area contributed by atoms with Crippen LogP contribution in [0.2, 0.25) is 0 Å². The van der Waals surface area contributed by atoms with Crippen molar-refractivity contribution < 1.29 is 14.3 Å². The minimum atomic E-state index is 0.000441. The van der Waals surface area contributed by atoms with Gasteiger partial charge in [0.1, 0.15) is 0 Å². The van der Waals surface area contributed by atoms with Gasteiger partial charge >= 0.3 is 0 Å². The van der Waals surface area contributed by atoms with Crippen LogP contribution >= 0.6 is 0 Å². The van der Waals surface area contributed by atoms with E-state index in [1.165, 1.54) is 0 Å². The van der Waals surface area contributed by atoms with Crippen LogP contribution in [0.15, 0.2) is 48.5 Å². The van der Waals surface area contributed by atoms with E-state index in [1.54, 1.807) is 14.2 Å². The summed E-state index contributed by atoms with van der Waals surface area (Å²) in [5.74, 6) is 1.27. The summed E-state index contributed by atoms with van der Waals surface area (Å²) in [6.07, 6.45) is 1.89. The van der Waals surface area contributed by atoms with Gasteiger partial charge in [0.05, 0.1) is 31.0 Å². The SMILES string of the molecule is COc1ccc(-c2cc(C(=O)N3CCCC(N)C3)c3ccccc3n2)cc1OC. The fourth-order valence-electron chi connectivity index (χ4n) is 3.86. The quantitative estimate of drug-likeness (QED) is 0.737. The average Bonchev–Trinajstić information content (AvgIpc) is 2.77. The van der Waals surface area contributed by atoms with Crippen LogP contribution in [0.1, 0.15) is 23.2 Å². The van der Waals surface area contributed by atoms with Gasteiger partial charge in [-0.3, -0.25) is 4.79 Å². The Kier molecular flexibility index (Phi) is 5.36. The molecule has 0 spiro atoms. The summed E-state index contributed by atoms with van der Waals surface area (Å²) in [5, 5.41) is 0.848. The zero-order valence-corrected chi connectivity index (χ0v) is 16.7. The number of pyridine rings is 1. The van der Waals surface area contributed by atoms with Crippen molar-refractivity contribution in [2.24, 2.45) is 5.73 Å². The summed E-state index contributed by atoms with van der Waals surface area (Å²) < 4.78 is 10.8. The number of ether oxygens (including phenoxy) is 2. The van der Waals surface area contributed by atoms with E-state index in [-0.39, 0.29) is 11.9 Å². The molecule has 6 nitrogen and oxygen atoms in total. The van der Waals surface area contributed by atoms with Crippen LogP contribution in [0.3, 0.4) is 0 Å². The van der Waals surface area contributed by atoms with Crippen molar-refractivity contribution in [3.05, 3.63) is 54.1 Å². The van der Waals surface area contributed by atoms with E-state index in [0.717, 1.165) is 35.9 Å². The third-order valence-corrected chi connectivity index (χ3v) is 5.37. The van der Waals surface area contributed by atoms with Crippen molar-refractivity contribution >= 4 is 16.8 Å². The highest BCUT2D eigenvalue weighted by atomic mass is 16.5. The van der Waals surface area contributed by atoms with E-state index in [2.05, 4.69) is 0 Å². The second kappa shape index (κ2) is 8.09. The molecule has 6 heteroatoms. The van der Waals surface area contributed by atoms with E-state index in [0.29, 0.717) is 29.3 Å². The van der Waals surface area contributed by atoms with Gasteiger partial charge in [0.15, 0.2) is 11.5 Å². The Hall–Kier alpha value is -3.12. The van der Waals surface area contributed by atoms with Crippen molar-refractivity contribution in [3.63, 3.8) is 0 Å². The molecular formula is C23H25N3O3. The summed E-state index contributed by atoms with van der Waals surface area (Å²) in [6, 6.07) is 15.3. The minimum absolute atomic E-state index is 0.000441. The van der Waals surface area contributed by atoms with Crippen molar-refractivity contribution in [2.75, 3.05) is 27.3 Å². The van der Waals surface area contributed by atoms with Gasteiger partial charge in [-0.1, -0.05) is 18.2 Å². The Balaban J connectivity index is 1.82. The Bertz CT molecular complexity index is 1050. The van der Waals surface area contributed by atoms with Crippen molar-refractivity contribution in [2.45, 2.75) is 18.9 Å². The number of hydrogen-bond donors (Lipinski definition) is 1. The smallest absolute Gasteiger partial charge is 0.254 e. The van der Waals surface area contributed by atoms with Crippen LogP contribution in [-0.4, -0.2) is 49.1 Å². The summed E-state index contributed by atoms with van der Waals surface area (Å²) in [6.45, 7) is 1.32. The zero-order chi connectivity index (χ0) is 20.4. The molecule has 0 radical (unpaired) electrons. The zero-order valence-electron chi connectivity index (χ0n) is 16.7. The second-order valence-electron chi connectivity index (χ2n) is 7.30. The molecule has 0 bridgehead atoms. The third-order valence-electron chi connectivity index (χ3n) is 5.37. The number of nitrogens with zero attached hydrogens (tertiary/aromatic N) is 2. The van der Waals surface area contributed by atoms with Gasteiger partial charge in [-0.25, -0.2) is 4.98 Å². The number of amides is 1. The Morgan fingerprint density at radius 1 is 1.10 bits per heavy atom. The molecule has 3 aromatic rings. The Morgan fingerprint density at radius 2 is 1.90 bits per heavy atom. The molecule has 2 heterocycles. The number of para-hydroxylation sites is 1. The van der Waals surface area contributed by atoms with Gasteiger partial charge < -0.3 is 20.1 Å². The molecule has 1 aliphatic rings. The molecule has 1 unspecified atom stereocenters. The first kappa shape index (κ1) is 19.2. The molecule has 1 aliphatic heterocycles. The van der Waals surface area contributed by atoms with E-state index in [9.17, 15) is 4.79 Å². The Labute approximate surface area is 170 Å². The highest BCUT2D eigenvalue weighted by Crippen LogP contribution is 2.33. The molecule has 1 aromatic heterocycles. The number of piperidine rings is 1. The first-order valence-electron chi connectivity index (χ1n) is 9.77. The number of carbonyl (C=O) groups is 1. The molecular weight excluding hydrogens is 366 g/mol. The first-order chi connectivity index (χ1) is 14.1. The van der Waals surface area contributed by atoms with Crippen LogP contribution in [0.25, 0.3) is 22.2 Å². The lowest BCUT2D eigenvalue weighted by Gasteiger charge is -2.31. The lowest BCUT2D eigenvalue weighted by atomic mass is 10.0. The number of carbonyl (C=O) groups excluding carboxylic acids is 1. The second-order valence-corrected chi connectivity index (χ2v) is 7.30. The predicted octanol–water partition coefficient (Wildman–Crippen LogP) is 3.48. The molecule has 2 aromatic carbocycles. The molecule has 0 saturated carbocycles. The summed E-state index contributed by atoms with van der Waals surface area (Å²) in [7, 11) is 3.20. The van der Waals surface area contributed by atoms with Crippen LogP contribution in [-0.2, 0) is 0 Å². The van der Waals surface area contributed by atoms with Crippen LogP contribution in [0, 0.1) is 0 Å². The number of benzene rings is 2. The molecule has 0 aliphatic carbocycles. The number of fused-ring (bicyclic) bond motifs is 1. The number of hydrogen-bond acceptors (Lipinski definition) is 5. The average molecular weight is 391 g/mol. The predicted molar refractivity (Wildman–Crippen MR) is 113 cm³/mol. The number of methoxy groups -OCH3 is 2. The maximum absolute atomic E-state index is 13.4. The van der Waals surface area contributed by atoms with Gasteiger partial charge in [0, 0.05) is 30.1 Å². The lowest BCUT2D eigenvalue weighted by Crippen LogP contribution is -2.45. The Morgan fingerprint density at radius 3 is 2.66 bits per heavy atom. The van der Waals surface area contributed by atoms with E-state index in [4.69, 9.17) is 20.2 Å². The number of rotatable bonds is 4. The standard InChI is InChI=1S/C23H25N3O3/c1-28-21-10-9-15(12-22(21)29-2)20-13-18(17-7-3-4-8-19(17)25-20)23(27)26-11-5-6-16(24)14-26/h3-4,7-10,12-13,16H,5-6,11,14,24H2,1-2H3. The normalized spacial score (nSPS) is 16.7. The molecule has 4 rings (SSSR count). The molecule has 150 valence electrons. The summed E-state index contributed by atoms with van der Waals surface area (Å²) in [4.78, 5) is 20.0. The maximum atomic E-state index is 13.4. The van der Waals surface area contributed by atoms with Crippen LogP contribution in [0.5, 0.6) is 11.5 Å². The fourth-order valence-corrected chi connectivity index (χ4v) is 3.86. The molecule has 1 saturated heterocycles. The molecule has 1 fully saturated rings. The minimum Gasteiger partial charge on any atom is -0.493 e. The van der Waals surface area contributed by atoms with Crippen molar-refractivity contribution in [3.8, 4) is 22.8 Å². The topological polar surface area (TPSA) is 77.7 Å². The summed E-state index contributed by atoms with van der Waals surface area (Å²) >= 11 is 0. The van der Waals surface area contributed by atoms with E-state index >= 15 is 0 Å². The van der Waals surface area contributed by atoms with Crippen molar-refractivity contribution in [1.82, 2.24) is 9.88 Å². The van der Waals surface area contributed by atoms with Crippen LogP contribution < -0.4 is 15.2 Å². The molecule has 2 N–H and O–H groups in total. The molecule has 1 atom stereocenters.